The van der Waals surface area contributed by atoms with Gasteiger partial charge in [-0.2, -0.15) is 8.78 Å². The van der Waals surface area contributed by atoms with E-state index in [1.165, 1.54) is 12.1 Å². The quantitative estimate of drug-likeness (QED) is 0.919. The van der Waals surface area contributed by atoms with Gasteiger partial charge in [-0.3, -0.25) is 0 Å². The summed E-state index contributed by atoms with van der Waals surface area (Å²) >= 11 is 0. The van der Waals surface area contributed by atoms with Gasteiger partial charge in [-0.1, -0.05) is 0 Å². The molecule has 0 radical (unpaired) electrons. The van der Waals surface area contributed by atoms with Gasteiger partial charge in [0.25, 0.3) is 0 Å². The Morgan fingerprint density at radius 2 is 1.79 bits per heavy atom. The van der Waals surface area contributed by atoms with E-state index in [9.17, 15) is 13.9 Å². The second-order valence-corrected chi connectivity index (χ2v) is 4.27. The number of alkyl halides is 2. The van der Waals surface area contributed by atoms with Crippen LogP contribution in [0.4, 0.5) is 8.78 Å². The van der Waals surface area contributed by atoms with E-state index in [2.05, 4.69) is 4.74 Å². The third-order valence-corrected chi connectivity index (χ3v) is 2.74. The van der Waals surface area contributed by atoms with Crippen molar-refractivity contribution >= 4 is 0 Å². The monoisotopic (exact) mass is 274 g/mol. The Balaban J connectivity index is 2.14. The molecule has 4 nitrogen and oxygen atoms in total. The van der Waals surface area contributed by atoms with Crippen molar-refractivity contribution in [3.63, 3.8) is 0 Å². The number of hydrogen-bond acceptors (Lipinski definition) is 4. The van der Waals surface area contributed by atoms with Crippen molar-refractivity contribution in [3.8, 4) is 11.5 Å². The van der Waals surface area contributed by atoms with Gasteiger partial charge >= 0.3 is 6.61 Å². The highest BCUT2D eigenvalue weighted by Gasteiger charge is 2.17. The van der Waals surface area contributed by atoms with Crippen LogP contribution in [-0.4, -0.2) is 24.9 Å². The van der Waals surface area contributed by atoms with Crippen LogP contribution in [0.5, 0.6) is 11.5 Å². The van der Waals surface area contributed by atoms with Gasteiger partial charge in [0.1, 0.15) is 11.5 Å². The summed E-state index contributed by atoms with van der Waals surface area (Å²) in [7, 11) is 0. The first kappa shape index (κ1) is 14.0. The van der Waals surface area contributed by atoms with Crippen molar-refractivity contribution in [3.05, 3.63) is 23.8 Å². The average molecular weight is 274 g/mol. The van der Waals surface area contributed by atoms with Crippen molar-refractivity contribution in [2.45, 2.75) is 32.2 Å². The molecule has 19 heavy (non-hydrogen) atoms. The number of benzene rings is 1. The fourth-order valence-electron chi connectivity index (χ4n) is 1.91. The van der Waals surface area contributed by atoms with Gasteiger partial charge in [-0.15, -0.1) is 0 Å². The molecule has 2 rings (SSSR count). The second-order valence-electron chi connectivity index (χ2n) is 4.27. The Hall–Kier alpha value is -1.40. The number of phenols is 1. The molecule has 0 aliphatic carbocycles. The molecule has 1 heterocycles. The van der Waals surface area contributed by atoms with Crippen molar-refractivity contribution in [2.75, 3.05) is 13.2 Å². The molecule has 1 aliphatic heterocycles. The molecule has 0 bridgehead atoms. The Bertz CT molecular complexity index is 404. The summed E-state index contributed by atoms with van der Waals surface area (Å²) < 4.78 is 39.7. The summed E-state index contributed by atoms with van der Waals surface area (Å²) in [5.74, 6) is -0.276. The lowest BCUT2D eigenvalue weighted by Crippen LogP contribution is -2.14. The maximum Gasteiger partial charge on any atom is 0.387 e. The molecule has 0 saturated carbocycles. The lowest BCUT2D eigenvalue weighted by molar-refractivity contribution is -0.156. The maximum atomic E-state index is 12.2. The van der Waals surface area contributed by atoms with E-state index in [4.69, 9.17) is 9.47 Å². The van der Waals surface area contributed by atoms with E-state index in [1.807, 2.05) is 0 Å². The molecule has 1 aromatic carbocycles. The van der Waals surface area contributed by atoms with Crippen LogP contribution in [0.15, 0.2) is 18.2 Å². The molecule has 0 aromatic heterocycles. The van der Waals surface area contributed by atoms with Crippen LogP contribution < -0.4 is 4.74 Å². The first-order valence-electron chi connectivity index (χ1n) is 6.17. The highest BCUT2D eigenvalue weighted by Crippen LogP contribution is 2.30. The Morgan fingerprint density at radius 1 is 1.11 bits per heavy atom. The van der Waals surface area contributed by atoms with Gasteiger partial charge in [-0.25, -0.2) is 0 Å². The Morgan fingerprint density at radius 3 is 2.42 bits per heavy atom. The van der Waals surface area contributed by atoms with E-state index in [1.54, 1.807) is 0 Å². The fraction of sp³-hybridized carbons (Fsp3) is 0.538. The second kappa shape index (κ2) is 6.68. The largest absolute Gasteiger partial charge is 0.508 e. The number of rotatable bonds is 3. The molecule has 1 saturated heterocycles. The predicted molar refractivity (Wildman–Crippen MR) is 63.2 cm³/mol. The SMILES string of the molecule is Oc1cc(OC(F)F)cc(C2OCCCCCO2)c1. The topological polar surface area (TPSA) is 47.9 Å². The lowest BCUT2D eigenvalue weighted by Gasteiger charge is -2.22. The van der Waals surface area contributed by atoms with E-state index in [0.717, 1.165) is 25.3 Å². The first-order valence-corrected chi connectivity index (χ1v) is 6.17. The molecule has 0 amide bonds. The third-order valence-electron chi connectivity index (χ3n) is 2.74. The minimum Gasteiger partial charge on any atom is -0.508 e. The maximum absolute atomic E-state index is 12.2. The molecule has 0 spiro atoms. The third kappa shape index (κ3) is 4.33. The van der Waals surface area contributed by atoms with Crippen LogP contribution in [-0.2, 0) is 9.47 Å². The number of aromatic hydroxyl groups is 1. The zero-order valence-electron chi connectivity index (χ0n) is 10.4. The van der Waals surface area contributed by atoms with Gasteiger partial charge in [0, 0.05) is 11.6 Å². The summed E-state index contributed by atoms with van der Waals surface area (Å²) in [4.78, 5) is 0. The average Bonchev–Trinajstić information content (AvgIpc) is 2.26. The number of hydrogen-bond donors (Lipinski definition) is 1. The van der Waals surface area contributed by atoms with Gasteiger partial charge < -0.3 is 19.3 Å². The lowest BCUT2D eigenvalue weighted by atomic mass is 10.2. The van der Waals surface area contributed by atoms with E-state index in [-0.39, 0.29) is 11.5 Å². The first-order chi connectivity index (χ1) is 9.15. The van der Waals surface area contributed by atoms with Crippen molar-refractivity contribution < 1.29 is 28.1 Å². The minimum atomic E-state index is -2.94. The zero-order valence-corrected chi connectivity index (χ0v) is 10.4. The summed E-state index contributed by atoms with van der Waals surface area (Å²) in [6.07, 6.45) is 2.23. The molecule has 1 fully saturated rings. The van der Waals surface area contributed by atoms with Crippen LogP contribution >= 0.6 is 0 Å². The normalized spacial score (nSPS) is 18.1. The van der Waals surface area contributed by atoms with Gasteiger partial charge in [-0.05, 0) is 31.4 Å². The standard InChI is InChI=1S/C13H16F2O4/c14-13(15)19-11-7-9(6-10(16)8-11)12-17-4-2-1-3-5-18-12/h6-8,12-13,16H,1-5H2. The predicted octanol–water partition coefficient (Wildman–Crippen LogP) is 3.21. The van der Waals surface area contributed by atoms with Gasteiger partial charge in [0.05, 0.1) is 13.2 Å². The molecule has 0 atom stereocenters. The van der Waals surface area contributed by atoms with Crippen LogP contribution in [0.3, 0.4) is 0 Å². The van der Waals surface area contributed by atoms with Crippen LogP contribution in [0.25, 0.3) is 0 Å². The molecular formula is C13H16F2O4. The molecule has 1 aromatic rings. The van der Waals surface area contributed by atoms with Crippen LogP contribution in [0, 0.1) is 0 Å². The molecule has 6 heteroatoms. The summed E-state index contributed by atoms with van der Waals surface area (Å²) in [5, 5.41) is 9.53. The van der Waals surface area contributed by atoms with Crippen molar-refractivity contribution in [2.24, 2.45) is 0 Å². The molecule has 106 valence electrons. The fourth-order valence-corrected chi connectivity index (χ4v) is 1.91. The molecule has 1 aliphatic rings. The van der Waals surface area contributed by atoms with Crippen LogP contribution in [0.1, 0.15) is 31.1 Å². The Kier molecular flexibility index (Phi) is 4.93. The minimum absolute atomic E-state index is 0.112. The highest BCUT2D eigenvalue weighted by atomic mass is 19.3. The van der Waals surface area contributed by atoms with E-state index >= 15 is 0 Å². The summed E-state index contributed by atoms with van der Waals surface area (Å²) in [6, 6.07) is 3.93. The number of ether oxygens (including phenoxy) is 3. The summed E-state index contributed by atoms with van der Waals surface area (Å²) in [6.45, 7) is -1.87. The van der Waals surface area contributed by atoms with Gasteiger partial charge in [0.2, 0.25) is 0 Å². The van der Waals surface area contributed by atoms with Crippen molar-refractivity contribution in [1.29, 1.82) is 0 Å². The molecule has 0 unspecified atom stereocenters. The zero-order chi connectivity index (χ0) is 13.7. The van der Waals surface area contributed by atoms with Crippen molar-refractivity contribution in [1.82, 2.24) is 0 Å². The molecular weight excluding hydrogens is 258 g/mol. The Labute approximate surface area is 109 Å². The molecule has 1 N–H and O–H groups in total. The van der Waals surface area contributed by atoms with E-state index in [0.29, 0.717) is 18.8 Å². The highest BCUT2D eigenvalue weighted by molar-refractivity contribution is 5.38. The number of halogens is 2. The van der Waals surface area contributed by atoms with Crippen LogP contribution in [0.2, 0.25) is 0 Å². The summed E-state index contributed by atoms with van der Waals surface area (Å²) in [5.41, 5.74) is 0.470. The van der Waals surface area contributed by atoms with Gasteiger partial charge in [0.15, 0.2) is 6.29 Å². The smallest absolute Gasteiger partial charge is 0.387 e. The van der Waals surface area contributed by atoms with E-state index < -0.39 is 12.9 Å². The number of phenolic OH excluding ortho intramolecular Hbond substituents is 1.